The fraction of sp³-hybridized carbons (Fsp3) is 0.214. The van der Waals surface area contributed by atoms with Gasteiger partial charge in [-0.1, -0.05) is 11.6 Å². The topological polar surface area (TPSA) is 52.1 Å². The second-order valence-corrected chi connectivity index (χ2v) is 4.59. The Hall–Kier alpha value is -1.94. The van der Waals surface area contributed by atoms with E-state index in [4.69, 9.17) is 16.3 Å². The lowest BCUT2D eigenvalue weighted by atomic mass is 10.1. The van der Waals surface area contributed by atoms with Gasteiger partial charge in [0.25, 0.3) is 0 Å². The van der Waals surface area contributed by atoms with Gasteiger partial charge >= 0.3 is 0 Å². The predicted molar refractivity (Wildman–Crippen MR) is 73.6 cm³/mol. The number of halogens is 1. The van der Waals surface area contributed by atoms with E-state index in [2.05, 4.69) is 9.97 Å². The number of rotatable bonds is 4. The van der Waals surface area contributed by atoms with Crippen molar-refractivity contribution in [2.75, 3.05) is 0 Å². The molecule has 98 valence electrons. The summed E-state index contributed by atoms with van der Waals surface area (Å²) in [6, 6.07) is 7.34. The Morgan fingerprint density at radius 3 is 2.47 bits per heavy atom. The van der Waals surface area contributed by atoms with Crippen LogP contribution in [0.2, 0.25) is 5.15 Å². The quantitative estimate of drug-likeness (QED) is 0.634. The average molecular weight is 277 g/mol. The molecule has 0 saturated heterocycles. The van der Waals surface area contributed by atoms with Crippen LogP contribution in [0.25, 0.3) is 11.3 Å². The Kier molecular flexibility index (Phi) is 4.12. The minimum absolute atomic E-state index is 0.116. The van der Waals surface area contributed by atoms with Crippen LogP contribution in [0.3, 0.4) is 0 Å². The third-order valence-electron chi connectivity index (χ3n) is 2.45. The highest BCUT2D eigenvalue weighted by Crippen LogP contribution is 2.26. The highest BCUT2D eigenvalue weighted by molar-refractivity contribution is 6.32. The Labute approximate surface area is 116 Å². The van der Waals surface area contributed by atoms with E-state index in [1.165, 1.54) is 6.33 Å². The van der Waals surface area contributed by atoms with Crippen molar-refractivity contribution in [1.29, 1.82) is 0 Å². The maximum Gasteiger partial charge on any atom is 0.155 e. The van der Waals surface area contributed by atoms with E-state index in [1.807, 2.05) is 38.1 Å². The lowest BCUT2D eigenvalue weighted by molar-refractivity contribution is 0.112. The first-order valence-corrected chi connectivity index (χ1v) is 6.22. The molecule has 0 aliphatic rings. The first kappa shape index (κ1) is 13.5. The summed E-state index contributed by atoms with van der Waals surface area (Å²) in [6.45, 7) is 3.92. The molecule has 5 heteroatoms. The van der Waals surface area contributed by atoms with Gasteiger partial charge in [-0.15, -0.1) is 0 Å². The molecular weight excluding hydrogens is 264 g/mol. The summed E-state index contributed by atoms with van der Waals surface area (Å²) in [6.07, 6.45) is 2.12. The van der Waals surface area contributed by atoms with Crippen LogP contribution in [-0.4, -0.2) is 22.4 Å². The molecule has 0 aliphatic carbocycles. The zero-order valence-corrected chi connectivity index (χ0v) is 11.4. The van der Waals surface area contributed by atoms with Gasteiger partial charge in [-0.05, 0) is 38.1 Å². The molecule has 0 N–H and O–H groups in total. The summed E-state index contributed by atoms with van der Waals surface area (Å²) in [5.41, 5.74) is 1.61. The smallest absolute Gasteiger partial charge is 0.155 e. The van der Waals surface area contributed by atoms with Crippen molar-refractivity contribution in [2.24, 2.45) is 0 Å². The molecule has 0 bridgehead atoms. The van der Waals surface area contributed by atoms with Gasteiger partial charge in [-0.25, -0.2) is 9.97 Å². The summed E-state index contributed by atoms with van der Waals surface area (Å²) in [4.78, 5) is 18.9. The molecule has 0 saturated carbocycles. The number of nitrogens with zero attached hydrogens (tertiary/aromatic N) is 2. The van der Waals surface area contributed by atoms with Crippen LogP contribution >= 0.6 is 11.6 Å². The van der Waals surface area contributed by atoms with Crippen molar-refractivity contribution >= 4 is 17.9 Å². The predicted octanol–water partition coefficient (Wildman–Crippen LogP) is 3.40. The Morgan fingerprint density at radius 1 is 1.21 bits per heavy atom. The molecule has 1 aromatic carbocycles. The molecule has 0 fully saturated rings. The molecular formula is C14H13ClN2O2. The number of aldehydes is 1. The molecule has 0 aliphatic heterocycles. The highest BCUT2D eigenvalue weighted by Gasteiger charge is 2.11. The van der Waals surface area contributed by atoms with Crippen LogP contribution in [0.5, 0.6) is 5.75 Å². The third kappa shape index (κ3) is 3.09. The van der Waals surface area contributed by atoms with Gasteiger partial charge in [-0.3, -0.25) is 4.79 Å². The van der Waals surface area contributed by atoms with Crippen LogP contribution in [0.1, 0.15) is 24.2 Å². The molecule has 19 heavy (non-hydrogen) atoms. The first-order chi connectivity index (χ1) is 9.11. The minimum atomic E-state index is 0.116. The number of hydrogen-bond acceptors (Lipinski definition) is 4. The van der Waals surface area contributed by atoms with Crippen LogP contribution in [0.4, 0.5) is 0 Å². The van der Waals surface area contributed by atoms with Gasteiger partial charge in [0.2, 0.25) is 0 Å². The van der Waals surface area contributed by atoms with Crippen molar-refractivity contribution in [1.82, 2.24) is 9.97 Å². The normalized spacial score (nSPS) is 10.5. The monoisotopic (exact) mass is 276 g/mol. The number of aromatic nitrogens is 2. The molecule has 0 unspecified atom stereocenters. The Bertz CT molecular complexity index is 582. The molecule has 1 heterocycles. The number of carbonyl (C=O) groups excluding carboxylic acids is 1. The zero-order valence-electron chi connectivity index (χ0n) is 10.6. The molecule has 1 aromatic heterocycles. The second-order valence-electron chi connectivity index (χ2n) is 4.24. The fourth-order valence-corrected chi connectivity index (χ4v) is 1.85. The van der Waals surface area contributed by atoms with E-state index >= 15 is 0 Å². The number of benzene rings is 1. The number of hydrogen-bond donors (Lipinski definition) is 0. The molecule has 2 rings (SSSR count). The number of carbonyl (C=O) groups is 1. The van der Waals surface area contributed by atoms with Crippen molar-refractivity contribution in [3.8, 4) is 17.0 Å². The minimum Gasteiger partial charge on any atom is -0.491 e. The maximum absolute atomic E-state index is 11.0. The van der Waals surface area contributed by atoms with E-state index in [-0.39, 0.29) is 11.3 Å². The van der Waals surface area contributed by atoms with Crippen LogP contribution in [0.15, 0.2) is 30.6 Å². The molecule has 0 spiro atoms. The van der Waals surface area contributed by atoms with Gasteiger partial charge in [0.05, 0.1) is 17.4 Å². The fourth-order valence-electron chi connectivity index (χ4n) is 1.67. The summed E-state index contributed by atoms with van der Waals surface area (Å²) in [5.74, 6) is 0.770. The maximum atomic E-state index is 11.0. The van der Waals surface area contributed by atoms with E-state index in [1.54, 1.807) is 0 Å². The van der Waals surface area contributed by atoms with Gasteiger partial charge in [-0.2, -0.15) is 0 Å². The lowest BCUT2D eigenvalue weighted by Crippen LogP contribution is -2.05. The molecule has 0 atom stereocenters. The summed E-state index contributed by atoms with van der Waals surface area (Å²) < 4.78 is 5.56. The first-order valence-electron chi connectivity index (χ1n) is 5.84. The van der Waals surface area contributed by atoms with Crippen molar-refractivity contribution in [3.63, 3.8) is 0 Å². The molecule has 0 radical (unpaired) electrons. The van der Waals surface area contributed by atoms with E-state index in [0.29, 0.717) is 17.5 Å². The third-order valence-corrected chi connectivity index (χ3v) is 2.75. The van der Waals surface area contributed by atoms with Gasteiger partial charge in [0.15, 0.2) is 6.29 Å². The Balaban J connectivity index is 2.37. The van der Waals surface area contributed by atoms with E-state index < -0.39 is 0 Å². The Morgan fingerprint density at radius 2 is 1.89 bits per heavy atom. The van der Waals surface area contributed by atoms with Crippen LogP contribution in [0, 0.1) is 0 Å². The van der Waals surface area contributed by atoms with Gasteiger partial charge < -0.3 is 4.74 Å². The highest BCUT2D eigenvalue weighted by atomic mass is 35.5. The molecule has 2 aromatic rings. The molecule has 4 nitrogen and oxygen atoms in total. The van der Waals surface area contributed by atoms with Gasteiger partial charge in [0.1, 0.15) is 17.2 Å². The van der Waals surface area contributed by atoms with E-state index in [0.717, 1.165) is 11.3 Å². The lowest BCUT2D eigenvalue weighted by Gasteiger charge is -2.10. The van der Waals surface area contributed by atoms with Crippen molar-refractivity contribution < 1.29 is 9.53 Å². The second kappa shape index (κ2) is 5.80. The van der Waals surface area contributed by atoms with Gasteiger partial charge in [0, 0.05) is 5.56 Å². The summed E-state index contributed by atoms with van der Waals surface area (Å²) in [7, 11) is 0. The standard InChI is InChI=1S/C14H13ClN2O2/c1-9(2)19-11-5-3-10(4-6-11)13-12(7-18)14(15)17-8-16-13/h3-9H,1-2H3. The average Bonchev–Trinajstić information content (AvgIpc) is 2.38. The molecule has 0 amide bonds. The van der Waals surface area contributed by atoms with Crippen molar-refractivity contribution in [3.05, 3.63) is 41.3 Å². The number of ether oxygens (including phenoxy) is 1. The van der Waals surface area contributed by atoms with Crippen LogP contribution in [-0.2, 0) is 0 Å². The zero-order chi connectivity index (χ0) is 13.8. The SMILES string of the molecule is CC(C)Oc1ccc(-c2ncnc(Cl)c2C=O)cc1. The van der Waals surface area contributed by atoms with Crippen LogP contribution < -0.4 is 4.74 Å². The van der Waals surface area contributed by atoms with Crippen molar-refractivity contribution in [2.45, 2.75) is 20.0 Å². The largest absolute Gasteiger partial charge is 0.491 e. The van der Waals surface area contributed by atoms with E-state index in [9.17, 15) is 4.79 Å². The summed E-state index contributed by atoms with van der Waals surface area (Å²) in [5, 5.41) is 0.155. The summed E-state index contributed by atoms with van der Waals surface area (Å²) >= 11 is 5.87.